The number of likely N-dealkylation sites (tertiary alicyclic amines) is 1. The minimum Gasteiger partial charge on any atom is -0.390 e. The van der Waals surface area contributed by atoms with Crippen molar-refractivity contribution in [2.24, 2.45) is 0 Å². The Morgan fingerprint density at radius 3 is 2.24 bits per heavy atom. The molecule has 1 heterocycles. The zero-order chi connectivity index (χ0) is 13.3. The van der Waals surface area contributed by atoms with E-state index in [1.54, 1.807) is 0 Å². The van der Waals surface area contributed by atoms with Gasteiger partial charge in [0, 0.05) is 18.6 Å². The number of aliphatic hydroxyl groups is 1. The van der Waals surface area contributed by atoms with E-state index >= 15 is 0 Å². The van der Waals surface area contributed by atoms with E-state index in [1.165, 1.54) is 0 Å². The Kier molecular flexibility index (Phi) is 4.20. The number of nitrogens with one attached hydrogen (secondary N) is 1. The first-order valence-electron chi connectivity index (χ1n) is 6.39. The number of hydrogen-bond donors (Lipinski definition) is 2. The second-order valence-corrected chi connectivity index (χ2v) is 6.45. The molecule has 4 nitrogen and oxygen atoms in total. The fourth-order valence-electron chi connectivity index (χ4n) is 2.03. The first-order chi connectivity index (χ1) is 7.61. The molecule has 0 saturated carbocycles. The Morgan fingerprint density at radius 1 is 1.35 bits per heavy atom. The van der Waals surface area contributed by atoms with Gasteiger partial charge in [0.05, 0.1) is 11.6 Å². The molecule has 17 heavy (non-hydrogen) atoms. The molecule has 1 aliphatic rings. The van der Waals surface area contributed by atoms with E-state index in [1.807, 2.05) is 34.6 Å². The highest BCUT2D eigenvalue weighted by Gasteiger charge is 2.32. The van der Waals surface area contributed by atoms with Crippen molar-refractivity contribution in [3.05, 3.63) is 0 Å². The summed E-state index contributed by atoms with van der Waals surface area (Å²) in [4.78, 5) is 14.1. The van der Waals surface area contributed by atoms with E-state index in [0.29, 0.717) is 0 Å². The SMILES string of the molecule is CC(C(=O)NC(C)(C)C)N1CCC(C)(O)CC1. The number of piperidine rings is 1. The molecule has 1 atom stereocenters. The minimum atomic E-state index is -0.559. The van der Waals surface area contributed by atoms with E-state index in [2.05, 4.69) is 10.2 Å². The van der Waals surface area contributed by atoms with Crippen molar-refractivity contribution in [1.29, 1.82) is 0 Å². The number of nitrogens with zero attached hydrogens (tertiary/aromatic N) is 1. The first kappa shape index (κ1) is 14.5. The van der Waals surface area contributed by atoms with E-state index in [4.69, 9.17) is 0 Å². The van der Waals surface area contributed by atoms with Gasteiger partial charge in [-0.25, -0.2) is 0 Å². The van der Waals surface area contributed by atoms with Crippen molar-refractivity contribution in [2.75, 3.05) is 13.1 Å². The van der Waals surface area contributed by atoms with E-state index in [9.17, 15) is 9.90 Å². The lowest BCUT2D eigenvalue weighted by atomic mass is 9.93. The van der Waals surface area contributed by atoms with Gasteiger partial charge in [-0.1, -0.05) is 0 Å². The van der Waals surface area contributed by atoms with Gasteiger partial charge in [-0.3, -0.25) is 9.69 Å². The molecule has 1 unspecified atom stereocenters. The zero-order valence-corrected chi connectivity index (χ0v) is 11.7. The monoisotopic (exact) mass is 242 g/mol. The van der Waals surface area contributed by atoms with E-state index in [-0.39, 0.29) is 17.5 Å². The highest BCUT2D eigenvalue weighted by molar-refractivity contribution is 5.81. The standard InChI is InChI=1S/C13H26N2O2/c1-10(11(16)14-12(2,3)4)15-8-6-13(5,17)7-9-15/h10,17H,6-9H2,1-5H3,(H,14,16). The molecule has 4 heteroatoms. The third kappa shape index (κ3) is 4.64. The number of carbonyl (C=O) groups excluding carboxylic acids is 1. The maximum absolute atomic E-state index is 12.0. The van der Waals surface area contributed by atoms with E-state index < -0.39 is 5.60 Å². The van der Waals surface area contributed by atoms with Gasteiger partial charge in [0.15, 0.2) is 0 Å². The second kappa shape index (κ2) is 4.94. The number of rotatable bonds is 2. The van der Waals surface area contributed by atoms with Crippen LogP contribution in [0.3, 0.4) is 0 Å². The van der Waals surface area contributed by atoms with Crippen LogP contribution in [0.5, 0.6) is 0 Å². The van der Waals surface area contributed by atoms with Gasteiger partial charge in [0.2, 0.25) is 5.91 Å². The molecule has 2 N–H and O–H groups in total. The van der Waals surface area contributed by atoms with Crippen LogP contribution in [0.2, 0.25) is 0 Å². The smallest absolute Gasteiger partial charge is 0.237 e. The fraction of sp³-hybridized carbons (Fsp3) is 0.923. The summed E-state index contributed by atoms with van der Waals surface area (Å²) in [6, 6.07) is -0.120. The van der Waals surface area contributed by atoms with Crippen LogP contribution in [0.1, 0.15) is 47.5 Å². The number of amides is 1. The predicted molar refractivity (Wildman–Crippen MR) is 68.8 cm³/mol. The van der Waals surface area contributed by atoms with E-state index in [0.717, 1.165) is 25.9 Å². The maximum atomic E-state index is 12.0. The molecule has 1 amide bonds. The quantitative estimate of drug-likeness (QED) is 0.763. The second-order valence-electron chi connectivity index (χ2n) is 6.45. The molecule has 0 aromatic rings. The summed E-state index contributed by atoms with van der Waals surface area (Å²) in [7, 11) is 0. The van der Waals surface area contributed by atoms with Crippen LogP contribution in [0.25, 0.3) is 0 Å². The van der Waals surface area contributed by atoms with Crippen molar-refractivity contribution < 1.29 is 9.90 Å². The molecule has 1 saturated heterocycles. The molecular formula is C13H26N2O2. The predicted octanol–water partition coefficient (Wildman–Crippen LogP) is 1.14. The lowest BCUT2D eigenvalue weighted by molar-refractivity contribution is -0.129. The first-order valence-corrected chi connectivity index (χ1v) is 6.39. The van der Waals surface area contributed by atoms with Crippen molar-refractivity contribution in [2.45, 2.75) is 64.6 Å². The average molecular weight is 242 g/mol. The van der Waals surface area contributed by atoms with Crippen LogP contribution >= 0.6 is 0 Å². The normalized spacial score (nSPS) is 23.2. The summed E-state index contributed by atoms with van der Waals surface area (Å²) in [5.74, 6) is 0.0686. The number of hydrogen-bond acceptors (Lipinski definition) is 3. The molecule has 1 rings (SSSR count). The molecule has 0 aliphatic carbocycles. The Hall–Kier alpha value is -0.610. The summed E-state index contributed by atoms with van der Waals surface area (Å²) in [6.07, 6.45) is 1.47. The molecule has 0 spiro atoms. The molecule has 100 valence electrons. The average Bonchev–Trinajstić information content (AvgIpc) is 2.14. The van der Waals surface area contributed by atoms with Crippen molar-refractivity contribution >= 4 is 5.91 Å². The summed E-state index contributed by atoms with van der Waals surface area (Å²) in [5.41, 5.74) is -0.747. The van der Waals surface area contributed by atoms with Crippen LogP contribution in [0.4, 0.5) is 0 Å². The van der Waals surface area contributed by atoms with Gasteiger partial charge in [-0.2, -0.15) is 0 Å². The van der Waals surface area contributed by atoms with Gasteiger partial charge >= 0.3 is 0 Å². The van der Waals surface area contributed by atoms with Gasteiger partial charge in [0.25, 0.3) is 0 Å². The van der Waals surface area contributed by atoms with Crippen LogP contribution < -0.4 is 5.32 Å². The lowest BCUT2D eigenvalue weighted by Gasteiger charge is -2.39. The molecule has 0 radical (unpaired) electrons. The van der Waals surface area contributed by atoms with Gasteiger partial charge in [-0.15, -0.1) is 0 Å². The van der Waals surface area contributed by atoms with Gasteiger partial charge in [0.1, 0.15) is 0 Å². The lowest BCUT2D eigenvalue weighted by Crippen LogP contribution is -2.54. The van der Waals surface area contributed by atoms with Crippen molar-refractivity contribution in [3.63, 3.8) is 0 Å². The maximum Gasteiger partial charge on any atom is 0.237 e. The summed E-state index contributed by atoms with van der Waals surface area (Å²) >= 11 is 0. The minimum absolute atomic E-state index is 0.0686. The molecule has 1 aliphatic heterocycles. The van der Waals surface area contributed by atoms with Crippen molar-refractivity contribution in [3.8, 4) is 0 Å². The van der Waals surface area contributed by atoms with Crippen LogP contribution in [0.15, 0.2) is 0 Å². The highest BCUT2D eigenvalue weighted by Crippen LogP contribution is 2.22. The molecule has 1 fully saturated rings. The number of carbonyl (C=O) groups is 1. The summed E-state index contributed by atoms with van der Waals surface area (Å²) in [6.45, 7) is 11.3. The topological polar surface area (TPSA) is 52.6 Å². The molecule has 0 bridgehead atoms. The van der Waals surface area contributed by atoms with Crippen LogP contribution in [-0.4, -0.2) is 46.2 Å². The molecule has 0 aromatic carbocycles. The Labute approximate surface area is 104 Å². The zero-order valence-electron chi connectivity index (χ0n) is 11.7. The Balaban J connectivity index is 2.49. The highest BCUT2D eigenvalue weighted by atomic mass is 16.3. The van der Waals surface area contributed by atoms with Gasteiger partial charge < -0.3 is 10.4 Å². The Bertz CT molecular complexity index is 272. The summed E-state index contributed by atoms with van der Waals surface area (Å²) in [5, 5.41) is 12.9. The Morgan fingerprint density at radius 2 is 1.82 bits per heavy atom. The third-order valence-electron chi connectivity index (χ3n) is 3.30. The molecular weight excluding hydrogens is 216 g/mol. The largest absolute Gasteiger partial charge is 0.390 e. The van der Waals surface area contributed by atoms with Gasteiger partial charge in [-0.05, 0) is 47.5 Å². The summed E-state index contributed by atoms with van der Waals surface area (Å²) < 4.78 is 0. The van der Waals surface area contributed by atoms with Crippen molar-refractivity contribution in [1.82, 2.24) is 10.2 Å². The third-order valence-corrected chi connectivity index (χ3v) is 3.30. The van der Waals surface area contributed by atoms with Crippen LogP contribution in [-0.2, 0) is 4.79 Å². The fourth-order valence-corrected chi connectivity index (χ4v) is 2.03. The molecule has 0 aromatic heterocycles. The van der Waals surface area contributed by atoms with Crippen LogP contribution in [0, 0.1) is 0 Å².